The Labute approximate surface area is 108 Å². The Morgan fingerprint density at radius 1 is 1.32 bits per heavy atom. The zero-order valence-electron chi connectivity index (χ0n) is 9.96. The normalized spacial score (nSPS) is 21.5. The van der Waals surface area contributed by atoms with Crippen LogP contribution in [0.2, 0.25) is 0 Å². The third kappa shape index (κ3) is 2.53. The monoisotopic (exact) mass is 271 g/mol. The van der Waals surface area contributed by atoms with Gasteiger partial charge in [0.1, 0.15) is 12.4 Å². The smallest absolute Gasteiger partial charge is 0.411 e. The second-order valence-electron chi connectivity index (χ2n) is 4.51. The van der Waals surface area contributed by atoms with E-state index in [-0.39, 0.29) is 0 Å². The lowest BCUT2D eigenvalue weighted by Gasteiger charge is -2.19. The maximum absolute atomic E-state index is 12.1. The van der Waals surface area contributed by atoms with Crippen molar-refractivity contribution in [3.05, 3.63) is 35.4 Å². The molecule has 0 aliphatic carbocycles. The van der Waals surface area contributed by atoms with Gasteiger partial charge < -0.3 is 14.8 Å². The fraction of sp³-hybridized carbons (Fsp3) is 0.385. The summed E-state index contributed by atoms with van der Waals surface area (Å²) in [5, 5.41) is 3.21. The number of hydrogen-bond donors (Lipinski definition) is 1. The molecule has 0 radical (unpaired) electrons. The van der Waals surface area contributed by atoms with E-state index < -0.39 is 19.1 Å². The van der Waals surface area contributed by atoms with E-state index in [9.17, 15) is 13.2 Å². The van der Waals surface area contributed by atoms with Crippen molar-refractivity contribution in [2.45, 2.75) is 18.9 Å². The molecule has 1 unspecified atom stereocenters. The molecule has 1 atom stereocenters. The third-order valence-electron chi connectivity index (χ3n) is 3.08. The zero-order chi connectivity index (χ0) is 13.5. The number of nitrogens with one attached hydrogen (secondary N) is 1. The molecular weight excluding hydrogens is 259 g/mol. The van der Waals surface area contributed by atoms with Gasteiger partial charge in [0, 0.05) is 24.2 Å². The minimum Gasteiger partial charge on any atom is -0.464 e. The summed E-state index contributed by atoms with van der Waals surface area (Å²) in [5.74, 6) is 0.654. The minimum absolute atomic E-state index is 0.368. The Morgan fingerprint density at radius 2 is 2.11 bits per heavy atom. The number of fused-ring (bicyclic) bond motifs is 2. The predicted octanol–water partition coefficient (Wildman–Crippen LogP) is 3.15. The molecule has 0 bridgehead atoms. The lowest BCUT2D eigenvalue weighted by molar-refractivity contribution is -0.211. The molecule has 0 amide bonds. The minimum atomic E-state index is -4.33. The summed E-state index contributed by atoms with van der Waals surface area (Å²) in [6.45, 7) is -0.703. The third-order valence-corrected chi connectivity index (χ3v) is 3.08. The van der Waals surface area contributed by atoms with E-state index in [1.165, 1.54) is 0 Å². The maximum atomic E-state index is 12.1. The number of alkyl halides is 3. The maximum Gasteiger partial charge on any atom is 0.411 e. The molecule has 2 heterocycles. The zero-order valence-corrected chi connectivity index (χ0v) is 9.96. The van der Waals surface area contributed by atoms with Crippen LogP contribution in [-0.2, 0) is 9.47 Å². The van der Waals surface area contributed by atoms with Crippen LogP contribution in [0, 0.1) is 0 Å². The number of ether oxygens (including phenoxy) is 2. The van der Waals surface area contributed by atoms with Crippen LogP contribution in [0.25, 0.3) is 5.76 Å². The highest BCUT2D eigenvalue weighted by atomic mass is 19.4. The van der Waals surface area contributed by atoms with Crippen LogP contribution in [0.4, 0.5) is 18.9 Å². The van der Waals surface area contributed by atoms with Crippen molar-refractivity contribution in [2.75, 3.05) is 18.5 Å². The van der Waals surface area contributed by atoms with Crippen LogP contribution in [0.15, 0.2) is 29.8 Å². The van der Waals surface area contributed by atoms with Gasteiger partial charge >= 0.3 is 6.18 Å². The van der Waals surface area contributed by atoms with Gasteiger partial charge in [-0.2, -0.15) is 13.2 Å². The number of halogens is 3. The molecule has 0 spiro atoms. The number of para-hydroxylation sites is 1. The summed E-state index contributed by atoms with van der Waals surface area (Å²) in [4.78, 5) is 0. The highest BCUT2D eigenvalue weighted by molar-refractivity contribution is 5.79. The van der Waals surface area contributed by atoms with Gasteiger partial charge in [-0.05, 0) is 17.7 Å². The Morgan fingerprint density at radius 3 is 2.89 bits per heavy atom. The molecule has 1 N–H and O–H groups in total. The number of benzene rings is 1. The van der Waals surface area contributed by atoms with Crippen LogP contribution >= 0.6 is 0 Å². The van der Waals surface area contributed by atoms with Crippen molar-refractivity contribution in [2.24, 2.45) is 0 Å². The molecule has 0 aromatic heterocycles. The second kappa shape index (κ2) is 4.45. The van der Waals surface area contributed by atoms with Gasteiger partial charge in [-0.3, -0.25) is 0 Å². The highest BCUT2D eigenvalue weighted by Gasteiger charge is 2.35. The first-order valence-corrected chi connectivity index (χ1v) is 5.93. The summed E-state index contributed by atoms with van der Waals surface area (Å²) in [6.07, 6.45) is -4.81. The van der Waals surface area contributed by atoms with E-state index in [1.807, 2.05) is 24.3 Å². The molecule has 2 aliphatic heterocycles. The van der Waals surface area contributed by atoms with Crippen molar-refractivity contribution in [3.8, 4) is 0 Å². The van der Waals surface area contributed by atoms with Crippen LogP contribution < -0.4 is 5.32 Å². The van der Waals surface area contributed by atoms with Crippen molar-refractivity contribution < 1.29 is 22.6 Å². The van der Waals surface area contributed by atoms with Crippen LogP contribution in [0.1, 0.15) is 12.0 Å². The molecule has 0 fully saturated rings. The summed E-state index contributed by atoms with van der Waals surface area (Å²) in [7, 11) is 0. The summed E-state index contributed by atoms with van der Waals surface area (Å²) in [6, 6.07) is 7.54. The SMILES string of the molecule is FC(F)(F)COC1CC2=C(O1)c1ccccc1NC2. The Hall–Kier alpha value is -1.69. The van der Waals surface area contributed by atoms with E-state index >= 15 is 0 Å². The summed E-state index contributed by atoms with van der Waals surface area (Å²) < 4.78 is 46.6. The lowest BCUT2D eigenvalue weighted by Crippen LogP contribution is -2.23. The predicted molar refractivity (Wildman–Crippen MR) is 63.3 cm³/mol. The van der Waals surface area contributed by atoms with Gasteiger partial charge in [0.25, 0.3) is 0 Å². The van der Waals surface area contributed by atoms with Crippen molar-refractivity contribution in [3.63, 3.8) is 0 Å². The first kappa shape index (κ1) is 12.3. The van der Waals surface area contributed by atoms with E-state index in [4.69, 9.17) is 9.47 Å². The number of hydrogen-bond acceptors (Lipinski definition) is 3. The summed E-state index contributed by atoms with van der Waals surface area (Å²) in [5.41, 5.74) is 2.76. The largest absolute Gasteiger partial charge is 0.464 e. The van der Waals surface area contributed by atoms with Gasteiger partial charge in [-0.25, -0.2) is 0 Å². The molecular formula is C13H12F3NO2. The van der Waals surface area contributed by atoms with Gasteiger partial charge in [-0.1, -0.05) is 12.1 Å². The molecule has 6 heteroatoms. The first-order valence-electron chi connectivity index (χ1n) is 5.93. The molecule has 3 nitrogen and oxygen atoms in total. The van der Waals surface area contributed by atoms with Crippen LogP contribution in [0.5, 0.6) is 0 Å². The Balaban J connectivity index is 1.72. The highest BCUT2D eigenvalue weighted by Crippen LogP contribution is 2.39. The standard InChI is InChI=1S/C13H12F3NO2/c14-13(15,16)7-18-11-5-8-6-17-10-4-2-1-3-9(10)12(8)19-11/h1-4,11,17H,5-7H2. The van der Waals surface area contributed by atoms with Gasteiger partial charge in [0.15, 0.2) is 0 Å². The summed E-state index contributed by atoms with van der Waals surface area (Å²) >= 11 is 0. The molecule has 102 valence electrons. The van der Waals surface area contributed by atoms with Crippen molar-refractivity contribution in [1.29, 1.82) is 0 Å². The van der Waals surface area contributed by atoms with Crippen molar-refractivity contribution in [1.82, 2.24) is 0 Å². The molecule has 0 saturated carbocycles. The fourth-order valence-electron chi connectivity index (χ4n) is 2.27. The molecule has 2 aliphatic rings. The second-order valence-corrected chi connectivity index (χ2v) is 4.51. The Bertz CT molecular complexity index is 525. The van der Waals surface area contributed by atoms with Gasteiger partial charge in [0.2, 0.25) is 6.29 Å². The Kier molecular flexibility index (Phi) is 2.89. The van der Waals surface area contributed by atoms with E-state index in [0.717, 1.165) is 16.8 Å². The van der Waals surface area contributed by atoms with Crippen LogP contribution in [0.3, 0.4) is 0 Å². The van der Waals surface area contributed by atoms with E-state index in [1.54, 1.807) is 0 Å². The van der Waals surface area contributed by atoms with Gasteiger partial charge in [-0.15, -0.1) is 0 Å². The quantitative estimate of drug-likeness (QED) is 0.896. The number of anilines is 1. The lowest BCUT2D eigenvalue weighted by atomic mass is 10.0. The fourth-order valence-corrected chi connectivity index (χ4v) is 2.27. The molecule has 19 heavy (non-hydrogen) atoms. The van der Waals surface area contributed by atoms with Crippen molar-refractivity contribution >= 4 is 11.4 Å². The van der Waals surface area contributed by atoms with Crippen LogP contribution in [-0.4, -0.2) is 25.6 Å². The van der Waals surface area contributed by atoms with E-state index in [0.29, 0.717) is 18.7 Å². The van der Waals surface area contributed by atoms with Gasteiger partial charge in [0.05, 0.1) is 0 Å². The average Bonchev–Trinajstić information content (AvgIpc) is 2.79. The molecule has 1 aromatic carbocycles. The molecule has 1 aromatic rings. The average molecular weight is 271 g/mol. The van der Waals surface area contributed by atoms with E-state index in [2.05, 4.69) is 5.32 Å². The molecule has 0 saturated heterocycles. The topological polar surface area (TPSA) is 30.5 Å². The first-order chi connectivity index (χ1) is 9.03. The molecule has 3 rings (SSSR count). The number of rotatable bonds is 2.